The molecule has 0 atom stereocenters. The van der Waals surface area contributed by atoms with E-state index < -0.39 is 0 Å². The third-order valence-electron chi connectivity index (χ3n) is 2.83. The average molecular weight is 320 g/mol. The third kappa shape index (κ3) is 2.95. The van der Waals surface area contributed by atoms with Crippen LogP contribution in [0.1, 0.15) is 26.5 Å². The average Bonchev–Trinajstić information content (AvgIpc) is 2.38. The van der Waals surface area contributed by atoms with Crippen molar-refractivity contribution >= 4 is 21.7 Å². The second-order valence-corrected chi connectivity index (χ2v) is 6.22. The zero-order valence-electron chi connectivity index (χ0n) is 11.7. The van der Waals surface area contributed by atoms with Gasteiger partial charge in [0, 0.05) is 18.0 Å². The Balaban J connectivity index is 2.65. The van der Waals surface area contributed by atoms with Crippen molar-refractivity contribution in [2.24, 2.45) is 0 Å². The summed E-state index contributed by atoms with van der Waals surface area (Å²) in [6.07, 6.45) is 0. The SMILES string of the molecule is CNc1nc(-c2ccccc2)nc(C(C)(C)C)c1Br. The number of benzene rings is 1. The number of aromatic nitrogens is 2. The molecular weight excluding hydrogens is 302 g/mol. The second kappa shape index (κ2) is 5.29. The van der Waals surface area contributed by atoms with Crippen molar-refractivity contribution in [1.29, 1.82) is 0 Å². The first-order chi connectivity index (χ1) is 8.93. The highest BCUT2D eigenvalue weighted by Gasteiger charge is 2.23. The monoisotopic (exact) mass is 319 g/mol. The number of hydrogen-bond donors (Lipinski definition) is 1. The van der Waals surface area contributed by atoms with E-state index in [0.717, 1.165) is 27.4 Å². The molecule has 0 aliphatic carbocycles. The Kier molecular flexibility index (Phi) is 3.90. The van der Waals surface area contributed by atoms with Gasteiger partial charge >= 0.3 is 0 Å². The molecule has 0 aliphatic heterocycles. The zero-order valence-corrected chi connectivity index (χ0v) is 13.2. The van der Waals surface area contributed by atoms with E-state index in [4.69, 9.17) is 4.98 Å². The van der Waals surface area contributed by atoms with Gasteiger partial charge in [0.1, 0.15) is 5.82 Å². The minimum absolute atomic E-state index is 0.0447. The summed E-state index contributed by atoms with van der Waals surface area (Å²) in [5.41, 5.74) is 1.99. The molecule has 1 aromatic heterocycles. The number of anilines is 1. The summed E-state index contributed by atoms with van der Waals surface area (Å²) >= 11 is 3.60. The van der Waals surface area contributed by atoms with E-state index in [1.807, 2.05) is 37.4 Å². The van der Waals surface area contributed by atoms with Crippen LogP contribution in [0, 0.1) is 0 Å². The van der Waals surface area contributed by atoms with Crippen LogP contribution in [-0.2, 0) is 5.41 Å². The van der Waals surface area contributed by atoms with Gasteiger partial charge in [-0.3, -0.25) is 0 Å². The van der Waals surface area contributed by atoms with Gasteiger partial charge in [-0.15, -0.1) is 0 Å². The number of nitrogens with zero attached hydrogens (tertiary/aromatic N) is 2. The molecule has 100 valence electrons. The molecule has 0 fully saturated rings. The molecule has 4 heteroatoms. The molecule has 0 spiro atoms. The van der Waals surface area contributed by atoms with Gasteiger partial charge in [-0.25, -0.2) is 9.97 Å². The number of nitrogens with one attached hydrogen (secondary N) is 1. The maximum atomic E-state index is 4.72. The van der Waals surface area contributed by atoms with Crippen molar-refractivity contribution in [3.8, 4) is 11.4 Å². The highest BCUT2D eigenvalue weighted by Crippen LogP contribution is 2.34. The van der Waals surface area contributed by atoms with E-state index >= 15 is 0 Å². The van der Waals surface area contributed by atoms with Gasteiger partial charge in [0.2, 0.25) is 0 Å². The lowest BCUT2D eigenvalue weighted by molar-refractivity contribution is 0.564. The van der Waals surface area contributed by atoms with Gasteiger partial charge in [0.15, 0.2) is 5.82 Å². The lowest BCUT2D eigenvalue weighted by Crippen LogP contribution is -2.17. The van der Waals surface area contributed by atoms with Crippen LogP contribution in [-0.4, -0.2) is 17.0 Å². The Bertz CT molecular complexity index is 574. The number of halogens is 1. The van der Waals surface area contributed by atoms with E-state index in [1.54, 1.807) is 0 Å². The van der Waals surface area contributed by atoms with Crippen LogP contribution in [0.5, 0.6) is 0 Å². The van der Waals surface area contributed by atoms with Crippen molar-refractivity contribution in [1.82, 2.24) is 9.97 Å². The van der Waals surface area contributed by atoms with Gasteiger partial charge in [-0.2, -0.15) is 0 Å². The summed E-state index contributed by atoms with van der Waals surface area (Å²) in [7, 11) is 1.87. The van der Waals surface area contributed by atoms with Crippen molar-refractivity contribution in [2.45, 2.75) is 26.2 Å². The molecule has 0 saturated carbocycles. The molecule has 1 aromatic carbocycles. The lowest BCUT2D eigenvalue weighted by atomic mass is 9.91. The normalized spacial score (nSPS) is 11.4. The molecule has 1 heterocycles. The first-order valence-electron chi connectivity index (χ1n) is 6.24. The van der Waals surface area contributed by atoms with Crippen LogP contribution in [0.3, 0.4) is 0 Å². The minimum Gasteiger partial charge on any atom is -0.372 e. The molecule has 0 bridgehead atoms. The predicted molar refractivity (Wildman–Crippen MR) is 83.4 cm³/mol. The minimum atomic E-state index is -0.0447. The first kappa shape index (κ1) is 14.0. The Labute approximate surface area is 122 Å². The van der Waals surface area contributed by atoms with Gasteiger partial charge in [-0.1, -0.05) is 51.1 Å². The van der Waals surface area contributed by atoms with Crippen molar-refractivity contribution in [2.75, 3.05) is 12.4 Å². The molecule has 0 unspecified atom stereocenters. The molecule has 3 nitrogen and oxygen atoms in total. The lowest BCUT2D eigenvalue weighted by Gasteiger charge is -2.21. The maximum Gasteiger partial charge on any atom is 0.161 e. The zero-order chi connectivity index (χ0) is 14.0. The summed E-state index contributed by atoms with van der Waals surface area (Å²) in [6.45, 7) is 6.44. The summed E-state index contributed by atoms with van der Waals surface area (Å²) in [4.78, 5) is 9.29. The van der Waals surface area contributed by atoms with Crippen molar-refractivity contribution < 1.29 is 0 Å². The molecule has 0 aliphatic rings. The number of rotatable bonds is 2. The van der Waals surface area contributed by atoms with Crippen molar-refractivity contribution in [3.05, 3.63) is 40.5 Å². The quantitative estimate of drug-likeness (QED) is 0.899. The Morgan fingerprint density at radius 3 is 2.21 bits per heavy atom. The van der Waals surface area contributed by atoms with Crippen LogP contribution in [0.15, 0.2) is 34.8 Å². The Morgan fingerprint density at radius 1 is 1.05 bits per heavy atom. The van der Waals surface area contributed by atoms with E-state index in [1.165, 1.54) is 0 Å². The molecule has 0 amide bonds. The molecule has 2 aromatic rings. The molecular formula is C15H18BrN3. The largest absolute Gasteiger partial charge is 0.372 e. The van der Waals surface area contributed by atoms with Crippen LogP contribution in [0.4, 0.5) is 5.82 Å². The highest BCUT2D eigenvalue weighted by molar-refractivity contribution is 9.10. The van der Waals surface area contributed by atoms with Gasteiger partial charge in [0.25, 0.3) is 0 Å². The van der Waals surface area contributed by atoms with E-state index in [9.17, 15) is 0 Å². The smallest absolute Gasteiger partial charge is 0.161 e. The molecule has 19 heavy (non-hydrogen) atoms. The topological polar surface area (TPSA) is 37.8 Å². The molecule has 0 radical (unpaired) electrons. The van der Waals surface area contributed by atoms with Crippen LogP contribution in [0.25, 0.3) is 11.4 Å². The van der Waals surface area contributed by atoms with Gasteiger partial charge in [0.05, 0.1) is 10.2 Å². The van der Waals surface area contributed by atoms with Crippen LogP contribution >= 0.6 is 15.9 Å². The first-order valence-corrected chi connectivity index (χ1v) is 7.04. The number of hydrogen-bond acceptors (Lipinski definition) is 3. The third-order valence-corrected chi connectivity index (χ3v) is 3.58. The Hall–Kier alpha value is -1.42. The summed E-state index contributed by atoms with van der Waals surface area (Å²) in [6, 6.07) is 10.0. The maximum absolute atomic E-state index is 4.72. The standard InChI is InChI=1S/C15H18BrN3/c1-15(2,3)12-11(16)14(17-4)19-13(18-12)10-8-6-5-7-9-10/h5-9H,1-4H3,(H,17,18,19). The van der Waals surface area contributed by atoms with E-state index in [2.05, 4.69) is 47.0 Å². The predicted octanol–water partition coefficient (Wildman–Crippen LogP) is 4.25. The fourth-order valence-corrected chi connectivity index (χ4v) is 2.80. The summed E-state index contributed by atoms with van der Waals surface area (Å²) in [5.74, 6) is 1.57. The van der Waals surface area contributed by atoms with Crippen LogP contribution < -0.4 is 5.32 Å². The summed E-state index contributed by atoms with van der Waals surface area (Å²) < 4.78 is 0.933. The molecule has 2 rings (SSSR count). The van der Waals surface area contributed by atoms with Gasteiger partial charge in [-0.05, 0) is 15.9 Å². The van der Waals surface area contributed by atoms with Crippen molar-refractivity contribution in [3.63, 3.8) is 0 Å². The summed E-state index contributed by atoms with van der Waals surface area (Å²) in [5, 5.41) is 3.12. The second-order valence-electron chi connectivity index (χ2n) is 5.42. The van der Waals surface area contributed by atoms with Gasteiger partial charge < -0.3 is 5.32 Å². The van der Waals surface area contributed by atoms with E-state index in [-0.39, 0.29) is 5.41 Å². The fraction of sp³-hybridized carbons (Fsp3) is 0.333. The molecule has 0 saturated heterocycles. The Morgan fingerprint density at radius 2 is 1.68 bits per heavy atom. The van der Waals surface area contributed by atoms with E-state index in [0.29, 0.717) is 0 Å². The highest BCUT2D eigenvalue weighted by atomic mass is 79.9. The fourth-order valence-electron chi connectivity index (χ4n) is 1.83. The van der Waals surface area contributed by atoms with Crippen LogP contribution in [0.2, 0.25) is 0 Å². The molecule has 1 N–H and O–H groups in total.